The summed E-state index contributed by atoms with van der Waals surface area (Å²) < 4.78 is 0. The molecule has 0 fully saturated rings. The molecule has 0 amide bonds. The van der Waals surface area contributed by atoms with Crippen LogP contribution in [0.15, 0.2) is 12.7 Å². The van der Waals surface area contributed by atoms with Gasteiger partial charge in [0.15, 0.2) is 0 Å². The fourth-order valence-corrected chi connectivity index (χ4v) is 1.59. The Morgan fingerprint density at radius 1 is 1.29 bits per heavy atom. The molecule has 2 atom stereocenters. The lowest BCUT2D eigenvalue weighted by Gasteiger charge is -2.14. The average Bonchev–Trinajstić information content (AvgIpc) is 2.17. The van der Waals surface area contributed by atoms with Gasteiger partial charge in [0.2, 0.25) is 0 Å². The van der Waals surface area contributed by atoms with Crippen molar-refractivity contribution in [3.63, 3.8) is 0 Å². The number of hydrogen-bond donors (Lipinski definition) is 1. The Morgan fingerprint density at radius 2 is 2.00 bits per heavy atom. The smallest absolute Gasteiger partial charge is 0.0542 e. The van der Waals surface area contributed by atoms with E-state index in [4.69, 9.17) is 0 Å². The van der Waals surface area contributed by atoms with Crippen LogP contribution in [-0.2, 0) is 0 Å². The van der Waals surface area contributed by atoms with Crippen molar-refractivity contribution in [2.45, 2.75) is 64.9 Å². The molecule has 0 radical (unpaired) electrons. The summed E-state index contributed by atoms with van der Waals surface area (Å²) in [6.07, 6.45) is 9.73. The van der Waals surface area contributed by atoms with Crippen LogP contribution in [0.25, 0.3) is 0 Å². The van der Waals surface area contributed by atoms with Gasteiger partial charge in [0, 0.05) is 0 Å². The van der Waals surface area contributed by atoms with Crippen LogP contribution in [0.5, 0.6) is 0 Å². The minimum atomic E-state index is -0.0753. The lowest BCUT2D eigenvalue weighted by Crippen LogP contribution is -2.11. The fourth-order valence-electron chi connectivity index (χ4n) is 1.59. The molecule has 0 aliphatic rings. The third-order valence-corrected chi connectivity index (χ3v) is 2.82. The standard InChI is InChI=1S/C13H26O/c1-4-6-7-8-9-10-13(14)11-12(3)5-2/h4,12-14H,1,5-11H2,2-3H3. The zero-order valence-electron chi connectivity index (χ0n) is 9.84. The lowest BCUT2D eigenvalue weighted by molar-refractivity contribution is 0.132. The highest BCUT2D eigenvalue weighted by atomic mass is 16.3. The van der Waals surface area contributed by atoms with Gasteiger partial charge in [0.1, 0.15) is 0 Å². The molecule has 0 aromatic carbocycles. The van der Waals surface area contributed by atoms with Crippen molar-refractivity contribution < 1.29 is 5.11 Å². The second-order valence-corrected chi connectivity index (χ2v) is 4.33. The minimum Gasteiger partial charge on any atom is -0.393 e. The van der Waals surface area contributed by atoms with Crippen LogP contribution < -0.4 is 0 Å². The first-order chi connectivity index (χ1) is 6.70. The molecule has 0 spiro atoms. The highest BCUT2D eigenvalue weighted by Crippen LogP contribution is 2.14. The van der Waals surface area contributed by atoms with Crippen molar-refractivity contribution >= 4 is 0 Å². The maximum Gasteiger partial charge on any atom is 0.0542 e. The van der Waals surface area contributed by atoms with E-state index in [-0.39, 0.29) is 6.10 Å². The number of hydrogen-bond acceptors (Lipinski definition) is 1. The maximum absolute atomic E-state index is 9.69. The number of rotatable bonds is 9. The van der Waals surface area contributed by atoms with Crippen molar-refractivity contribution in [3.05, 3.63) is 12.7 Å². The van der Waals surface area contributed by atoms with Crippen molar-refractivity contribution in [1.82, 2.24) is 0 Å². The van der Waals surface area contributed by atoms with Gasteiger partial charge in [-0.3, -0.25) is 0 Å². The number of aliphatic hydroxyl groups excluding tert-OH is 1. The summed E-state index contributed by atoms with van der Waals surface area (Å²) >= 11 is 0. The maximum atomic E-state index is 9.69. The third kappa shape index (κ3) is 8.31. The van der Waals surface area contributed by atoms with Gasteiger partial charge in [0.05, 0.1) is 6.10 Å². The molecule has 1 N–H and O–H groups in total. The fraction of sp³-hybridized carbons (Fsp3) is 0.846. The Kier molecular flexibility index (Phi) is 9.06. The quantitative estimate of drug-likeness (QED) is 0.440. The predicted octanol–water partition coefficient (Wildman–Crippen LogP) is 3.92. The van der Waals surface area contributed by atoms with Crippen LogP contribution >= 0.6 is 0 Å². The molecule has 0 aromatic heterocycles. The molecule has 0 aliphatic heterocycles. The molecule has 0 heterocycles. The summed E-state index contributed by atoms with van der Waals surface area (Å²) in [5, 5.41) is 9.69. The number of aliphatic hydroxyl groups is 1. The van der Waals surface area contributed by atoms with E-state index in [1.807, 2.05) is 6.08 Å². The van der Waals surface area contributed by atoms with E-state index in [9.17, 15) is 5.11 Å². The van der Waals surface area contributed by atoms with E-state index < -0.39 is 0 Å². The van der Waals surface area contributed by atoms with Crippen LogP contribution in [0.4, 0.5) is 0 Å². The van der Waals surface area contributed by atoms with Crippen LogP contribution in [0.1, 0.15) is 58.8 Å². The summed E-state index contributed by atoms with van der Waals surface area (Å²) in [7, 11) is 0. The summed E-state index contributed by atoms with van der Waals surface area (Å²) in [5.74, 6) is 0.665. The molecule has 1 nitrogen and oxygen atoms in total. The van der Waals surface area contributed by atoms with Crippen molar-refractivity contribution in [2.75, 3.05) is 0 Å². The van der Waals surface area contributed by atoms with E-state index >= 15 is 0 Å². The molecule has 0 saturated carbocycles. The van der Waals surface area contributed by atoms with Gasteiger partial charge >= 0.3 is 0 Å². The van der Waals surface area contributed by atoms with Crippen LogP contribution in [0.3, 0.4) is 0 Å². The van der Waals surface area contributed by atoms with Gasteiger partial charge in [-0.05, 0) is 31.6 Å². The number of unbranched alkanes of at least 4 members (excludes halogenated alkanes) is 3. The van der Waals surface area contributed by atoms with Crippen LogP contribution in [0, 0.1) is 5.92 Å². The first-order valence-electron chi connectivity index (χ1n) is 5.99. The van der Waals surface area contributed by atoms with E-state index in [1.165, 1.54) is 19.3 Å². The van der Waals surface area contributed by atoms with E-state index in [2.05, 4.69) is 20.4 Å². The summed E-state index contributed by atoms with van der Waals surface area (Å²) in [6, 6.07) is 0. The Morgan fingerprint density at radius 3 is 2.57 bits per heavy atom. The molecule has 0 aromatic rings. The molecule has 0 aliphatic carbocycles. The van der Waals surface area contributed by atoms with Gasteiger partial charge in [0.25, 0.3) is 0 Å². The SMILES string of the molecule is C=CCCCCCC(O)CC(C)CC. The average molecular weight is 198 g/mol. The topological polar surface area (TPSA) is 20.2 Å². The normalized spacial score (nSPS) is 15.1. The molecule has 0 rings (SSSR count). The van der Waals surface area contributed by atoms with Crippen molar-refractivity contribution in [1.29, 1.82) is 0 Å². The Labute approximate surface area is 89.2 Å². The molecular weight excluding hydrogens is 172 g/mol. The summed E-state index contributed by atoms with van der Waals surface area (Å²) in [6.45, 7) is 8.09. The monoisotopic (exact) mass is 198 g/mol. The minimum absolute atomic E-state index is 0.0753. The summed E-state index contributed by atoms with van der Waals surface area (Å²) in [5.41, 5.74) is 0. The van der Waals surface area contributed by atoms with Gasteiger partial charge in [-0.1, -0.05) is 39.2 Å². The third-order valence-electron chi connectivity index (χ3n) is 2.82. The molecular formula is C13H26O. The van der Waals surface area contributed by atoms with Gasteiger partial charge in [-0.15, -0.1) is 6.58 Å². The molecule has 0 saturated heterocycles. The zero-order valence-corrected chi connectivity index (χ0v) is 9.84. The Balaban J connectivity index is 3.26. The number of allylic oxidation sites excluding steroid dienone is 1. The second-order valence-electron chi connectivity index (χ2n) is 4.33. The van der Waals surface area contributed by atoms with Gasteiger partial charge in [-0.2, -0.15) is 0 Å². The molecule has 2 unspecified atom stereocenters. The van der Waals surface area contributed by atoms with Crippen molar-refractivity contribution in [3.8, 4) is 0 Å². The molecule has 0 bridgehead atoms. The molecule has 14 heavy (non-hydrogen) atoms. The van der Waals surface area contributed by atoms with Crippen molar-refractivity contribution in [2.24, 2.45) is 5.92 Å². The zero-order chi connectivity index (χ0) is 10.8. The van der Waals surface area contributed by atoms with E-state index in [1.54, 1.807) is 0 Å². The first-order valence-corrected chi connectivity index (χ1v) is 5.99. The Hall–Kier alpha value is -0.300. The largest absolute Gasteiger partial charge is 0.393 e. The van der Waals surface area contributed by atoms with Gasteiger partial charge < -0.3 is 5.11 Å². The molecule has 84 valence electrons. The summed E-state index contributed by atoms with van der Waals surface area (Å²) in [4.78, 5) is 0. The van der Waals surface area contributed by atoms with E-state index in [0.29, 0.717) is 5.92 Å². The second kappa shape index (κ2) is 9.26. The van der Waals surface area contributed by atoms with Gasteiger partial charge in [-0.25, -0.2) is 0 Å². The lowest BCUT2D eigenvalue weighted by atomic mass is 9.97. The Bertz CT molecular complexity index is 131. The van der Waals surface area contributed by atoms with Crippen LogP contribution in [0.2, 0.25) is 0 Å². The molecule has 1 heteroatoms. The van der Waals surface area contributed by atoms with Crippen LogP contribution in [-0.4, -0.2) is 11.2 Å². The highest BCUT2D eigenvalue weighted by Gasteiger charge is 2.07. The first kappa shape index (κ1) is 13.7. The predicted molar refractivity (Wildman–Crippen MR) is 63.4 cm³/mol. The van der Waals surface area contributed by atoms with E-state index in [0.717, 1.165) is 25.7 Å². The highest BCUT2D eigenvalue weighted by molar-refractivity contribution is 4.66.